The first-order valence-electron chi connectivity index (χ1n) is 4.97. The molecule has 13 heteroatoms. The molecular weight excluding hydrogens is 407 g/mol. The monoisotopic (exact) mass is 413 g/mol. The molecule has 20 heavy (non-hydrogen) atoms. The minimum absolute atomic E-state index is 0.562. The Balaban J connectivity index is 2.45. The van der Waals surface area contributed by atoms with Crippen molar-refractivity contribution in [1.82, 2.24) is 0 Å². The van der Waals surface area contributed by atoms with Gasteiger partial charge in [-0.1, -0.05) is 17.3 Å². The molecule has 1 heterocycles. The Bertz CT molecular complexity index is 690. The molecule has 0 saturated carbocycles. The van der Waals surface area contributed by atoms with Gasteiger partial charge in [0.05, 0.1) is 13.9 Å². The van der Waals surface area contributed by atoms with Crippen LogP contribution in [0.4, 0.5) is 5.69 Å². The van der Waals surface area contributed by atoms with Crippen molar-refractivity contribution in [3.8, 4) is 5.75 Å². The third kappa shape index (κ3) is 4.56. The highest BCUT2D eigenvalue weighted by Gasteiger charge is 2.28. The quantitative estimate of drug-likeness (QED) is 0.591. The number of hydrogen-bond donors (Lipinski definition) is 1. The van der Waals surface area contributed by atoms with E-state index in [2.05, 4.69) is 18.6 Å². The number of methoxy groups -OCH3 is 1. The zero-order chi connectivity index (χ0) is 15.0. The summed E-state index contributed by atoms with van der Waals surface area (Å²) >= 11 is 23.6. The molecule has 0 radical (unpaired) electrons. The molecule has 1 aliphatic heterocycles. The first kappa shape index (κ1) is 17.0. The molecule has 0 bridgehead atoms. The van der Waals surface area contributed by atoms with Crippen LogP contribution in [0.1, 0.15) is 0 Å². The van der Waals surface area contributed by atoms with Crippen molar-refractivity contribution in [2.45, 2.75) is 0 Å². The van der Waals surface area contributed by atoms with Crippen LogP contribution < -0.4 is 14.7 Å². The van der Waals surface area contributed by atoms with Gasteiger partial charge in [-0.3, -0.25) is 0 Å². The number of anilines is 1. The molecule has 0 aromatic heterocycles. The van der Waals surface area contributed by atoms with Gasteiger partial charge in [0, 0.05) is 11.8 Å². The number of ether oxygens (including phenoxy) is 1. The van der Waals surface area contributed by atoms with Crippen LogP contribution in [0.2, 0.25) is 0 Å². The highest BCUT2D eigenvalue weighted by atomic mass is 35.9. The van der Waals surface area contributed by atoms with Crippen molar-refractivity contribution in [3.05, 3.63) is 24.3 Å². The molecule has 0 aliphatic carbocycles. The Labute approximate surface area is 135 Å². The minimum Gasteiger partial charge on any atom is -0.787 e. The second-order valence-electron chi connectivity index (χ2n) is 3.57. The lowest BCUT2D eigenvalue weighted by atomic mass is 10.3. The zero-order valence-electron chi connectivity index (χ0n) is 9.82. The van der Waals surface area contributed by atoms with Gasteiger partial charge in [0.25, 0.3) is 12.6 Å². The smallest absolute Gasteiger partial charge is 0.259 e. The molecule has 6 nitrogen and oxygen atoms in total. The average molecular weight is 415 g/mol. The maximum Gasteiger partial charge on any atom is 0.259 e. The fraction of sp³-hybridized carbons (Fsp3) is 0.143. The first-order valence-corrected chi connectivity index (χ1v) is 13.6. The summed E-state index contributed by atoms with van der Waals surface area (Å²) in [5.41, 5.74) is 0.562. The Hall–Kier alpha value is 0.630. The van der Waals surface area contributed by atoms with Crippen molar-refractivity contribution in [2.24, 2.45) is 13.5 Å². The number of halogens is 4. The summed E-state index contributed by atoms with van der Waals surface area (Å²) in [5.74, 6) is -2.60. The third-order valence-corrected chi connectivity index (χ3v) is 13.1. The van der Waals surface area contributed by atoms with Gasteiger partial charge in [-0.15, -0.1) is 0 Å². The summed E-state index contributed by atoms with van der Waals surface area (Å²) in [5, 5.41) is 2.85. The molecule has 112 valence electrons. The molecule has 1 aromatic carbocycles. The van der Waals surface area contributed by atoms with Crippen LogP contribution in [-0.4, -0.2) is 7.11 Å². The number of nitrogens with one attached hydrogen (secondary N) is 1. The van der Waals surface area contributed by atoms with Crippen molar-refractivity contribution in [2.75, 3.05) is 12.2 Å². The van der Waals surface area contributed by atoms with Crippen LogP contribution in [0.25, 0.3) is 0 Å². The lowest BCUT2D eigenvalue weighted by Gasteiger charge is -2.28. The molecule has 0 amide bonds. The van der Waals surface area contributed by atoms with Crippen molar-refractivity contribution in [1.29, 1.82) is 0 Å². The second-order valence-corrected chi connectivity index (χ2v) is 14.9. The molecule has 1 aliphatic rings. The average Bonchev–Trinajstić information content (AvgIpc) is 2.23. The predicted molar refractivity (Wildman–Crippen MR) is 88.1 cm³/mol. The van der Waals surface area contributed by atoms with Crippen LogP contribution in [0.5, 0.6) is 5.75 Å². The Morgan fingerprint density at radius 3 is 2.45 bits per heavy atom. The summed E-state index contributed by atoms with van der Waals surface area (Å²) in [6.07, 6.45) is 0. The van der Waals surface area contributed by atoms with E-state index >= 15 is 0 Å². The van der Waals surface area contributed by atoms with Crippen molar-refractivity contribution in [3.63, 3.8) is 0 Å². The summed E-state index contributed by atoms with van der Waals surface area (Å²) in [6.45, 7) is -6.89. The molecule has 0 spiro atoms. The van der Waals surface area contributed by atoms with Crippen molar-refractivity contribution < 1.29 is 9.63 Å². The molecule has 2 unspecified atom stereocenters. The summed E-state index contributed by atoms with van der Waals surface area (Å²) in [7, 11) is 1.53. The lowest BCUT2D eigenvalue weighted by molar-refractivity contribution is -0.158. The second kappa shape index (κ2) is 6.02. The van der Waals surface area contributed by atoms with Gasteiger partial charge in [-0.25, -0.2) is 9.03 Å². The number of nitrogens with zero attached hydrogens (tertiary/aromatic N) is 3. The fourth-order valence-corrected chi connectivity index (χ4v) is 15.7. The standard InChI is InChI=1S/C7H8Cl4N4O2P3/c1-17-7-4-2-3-6(5-7)12-19(10)13-18(8,9)14-20(11,16)15-19/h2-5,12H,1H3/q-1. The lowest BCUT2D eigenvalue weighted by Crippen LogP contribution is -1.96. The van der Waals surface area contributed by atoms with Gasteiger partial charge < -0.3 is 14.7 Å². The molecular formula is C7H8Cl4N4O2P3-. The topological polar surface area (TPSA) is 81.4 Å². The summed E-state index contributed by atoms with van der Waals surface area (Å²) < 4.78 is 16.3. The summed E-state index contributed by atoms with van der Waals surface area (Å²) in [6, 6.07) is 6.87. The largest absolute Gasteiger partial charge is 0.787 e. The molecule has 2 atom stereocenters. The van der Waals surface area contributed by atoms with Gasteiger partial charge in [0.15, 0.2) is 0 Å². The van der Waals surface area contributed by atoms with E-state index in [1.807, 2.05) is 0 Å². The van der Waals surface area contributed by atoms with Crippen LogP contribution in [-0.2, 0) is 0 Å². The first-order chi connectivity index (χ1) is 9.13. The van der Waals surface area contributed by atoms with E-state index in [9.17, 15) is 4.89 Å². The van der Waals surface area contributed by atoms with E-state index in [-0.39, 0.29) is 0 Å². The summed E-state index contributed by atoms with van der Waals surface area (Å²) in [4.78, 5) is 11.9. The molecule has 0 fully saturated rings. The maximum atomic E-state index is 11.9. The van der Waals surface area contributed by atoms with E-state index in [1.165, 1.54) is 7.11 Å². The molecule has 2 rings (SSSR count). The number of benzene rings is 1. The Morgan fingerprint density at radius 2 is 1.85 bits per heavy atom. The van der Waals surface area contributed by atoms with E-state index in [0.717, 1.165) is 0 Å². The zero-order valence-corrected chi connectivity index (χ0v) is 15.5. The Kier molecular flexibility index (Phi) is 5.12. The normalized spacial score (nSPS) is 31.5. The SMILES string of the molecule is COc1cccc(NP2(Cl)=NP([O-])(Cl)=NP(Cl)(Cl)=N2)c1. The van der Waals surface area contributed by atoms with E-state index in [1.54, 1.807) is 24.3 Å². The van der Waals surface area contributed by atoms with Crippen LogP contribution in [0.3, 0.4) is 0 Å². The van der Waals surface area contributed by atoms with Crippen LogP contribution in [0.15, 0.2) is 37.8 Å². The Morgan fingerprint density at radius 1 is 1.15 bits per heavy atom. The van der Waals surface area contributed by atoms with Crippen LogP contribution >= 0.6 is 64.4 Å². The van der Waals surface area contributed by atoms with Crippen molar-refractivity contribution >= 4 is 70.1 Å². The number of hydrogen-bond acceptors (Lipinski definition) is 6. The van der Waals surface area contributed by atoms with E-state index in [4.69, 9.17) is 49.7 Å². The van der Waals surface area contributed by atoms with Gasteiger partial charge >= 0.3 is 0 Å². The molecule has 0 saturated heterocycles. The molecule has 1 N–H and O–H groups in total. The van der Waals surface area contributed by atoms with Gasteiger partial charge in [-0.2, -0.15) is 4.52 Å². The van der Waals surface area contributed by atoms with E-state index in [0.29, 0.717) is 11.4 Å². The van der Waals surface area contributed by atoms with Crippen LogP contribution in [0, 0.1) is 0 Å². The predicted octanol–water partition coefficient (Wildman–Crippen LogP) is 6.27. The number of rotatable bonds is 3. The van der Waals surface area contributed by atoms with Gasteiger partial charge in [-0.05, 0) is 45.9 Å². The third-order valence-electron chi connectivity index (χ3n) is 2.01. The minimum atomic E-state index is -3.75. The highest BCUT2D eigenvalue weighted by molar-refractivity contribution is 8.17. The molecule has 1 aromatic rings. The fourth-order valence-electron chi connectivity index (χ4n) is 1.38. The maximum absolute atomic E-state index is 11.9. The van der Waals surface area contributed by atoms with Gasteiger partial charge in [0.1, 0.15) is 5.75 Å². The highest BCUT2D eigenvalue weighted by Crippen LogP contribution is 2.82. The van der Waals surface area contributed by atoms with Gasteiger partial charge in [0.2, 0.25) is 0 Å². The van der Waals surface area contributed by atoms with E-state index < -0.39 is 19.4 Å².